The van der Waals surface area contributed by atoms with Crippen molar-refractivity contribution in [3.8, 4) is 6.07 Å². The first kappa shape index (κ1) is 23.8. The quantitative estimate of drug-likeness (QED) is 0.264. The van der Waals surface area contributed by atoms with E-state index in [-0.39, 0.29) is 4.91 Å². The van der Waals surface area contributed by atoms with Crippen molar-refractivity contribution < 1.29 is 9.18 Å². The van der Waals surface area contributed by atoms with Crippen LogP contribution in [0.4, 0.5) is 4.39 Å². The number of hydrogen-bond acceptors (Lipinski definition) is 3. The van der Waals surface area contributed by atoms with Gasteiger partial charge in [0.1, 0.15) is 16.9 Å². The molecule has 0 aliphatic carbocycles. The second kappa shape index (κ2) is 10.3. The lowest BCUT2D eigenvalue weighted by atomic mass is 10.2. The van der Waals surface area contributed by atoms with Gasteiger partial charge in [0.15, 0.2) is 0 Å². The third kappa shape index (κ3) is 4.27. The van der Waals surface area contributed by atoms with Crippen molar-refractivity contribution in [3.63, 3.8) is 0 Å². The molecule has 3 nitrogen and oxygen atoms in total. The number of amides is 1. The van der Waals surface area contributed by atoms with Gasteiger partial charge in [0, 0.05) is 5.56 Å². The summed E-state index contributed by atoms with van der Waals surface area (Å²) in [6.07, 6.45) is 1.50. The Morgan fingerprint density at radius 3 is 1.72 bits per heavy atom. The van der Waals surface area contributed by atoms with E-state index < -0.39 is 18.6 Å². The molecule has 0 bridgehead atoms. The fourth-order valence-corrected chi connectivity index (χ4v) is 9.66. The number of halogens is 1. The Morgan fingerprint density at radius 2 is 1.25 bits per heavy atom. The standard InChI is InChI=1S/C30H20FN2OPS/c31-26-19-11-10-12-22(26)20-28-29(34)33-30(36-28)27(21-32)35(23-13-4-1-5-14-23,24-15-6-2-7-16-24)25-17-8-3-9-18-25/h1-20H/b28-20+. The molecule has 1 amide bonds. The lowest BCUT2D eigenvalue weighted by molar-refractivity contribution is -0.113. The molecule has 0 saturated heterocycles. The fraction of sp³-hybridized carbons (Fsp3) is 0. The number of hydrogen-bond donors (Lipinski definition) is 0. The van der Waals surface area contributed by atoms with Crippen LogP contribution in [0.25, 0.3) is 6.08 Å². The molecular weight excluding hydrogens is 486 g/mol. The van der Waals surface area contributed by atoms with Crippen molar-refractivity contribution in [1.82, 2.24) is 0 Å². The van der Waals surface area contributed by atoms with Crippen LogP contribution in [-0.4, -0.2) is 16.2 Å². The average Bonchev–Trinajstić information content (AvgIpc) is 3.29. The minimum atomic E-state index is -2.71. The summed E-state index contributed by atoms with van der Waals surface area (Å²) in [4.78, 5) is 17.6. The van der Waals surface area contributed by atoms with Gasteiger partial charge in [0.2, 0.25) is 0 Å². The first-order chi connectivity index (χ1) is 17.6. The minimum Gasteiger partial charge on any atom is -0.266 e. The van der Waals surface area contributed by atoms with Crippen LogP contribution in [0.5, 0.6) is 0 Å². The summed E-state index contributed by atoms with van der Waals surface area (Å²) in [7, 11) is 0. The first-order valence-corrected chi connectivity index (χ1v) is 13.9. The number of rotatable bonds is 5. The van der Waals surface area contributed by atoms with Crippen molar-refractivity contribution in [2.45, 2.75) is 0 Å². The highest BCUT2D eigenvalue weighted by Crippen LogP contribution is 2.48. The molecule has 174 valence electrons. The van der Waals surface area contributed by atoms with Crippen LogP contribution in [-0.2, 0) is 4.79 Å². The molecule has 0 atom stereocenters. The van der Waals surface area contributed by atoms with Crippen molar-refractivity contribution in [3.05, 3.63) is 132 Å². The summed E-state index contributed by atoms with van der Waals surface area (Å²) in [5.74, 6) is -0.894. The van der Waals surface area contributed by atoms with Crippen LogP contribution in [0.1, 0.15) is 5.56 Å². The number of carbonyl (C=O) groups is 1. The minimum absolute atomic E-state index is 0.287. The van der Waals surface area contributed by atoms with Gasteiger partial charge in [0.05, 0.1) is 10.2 Å². The number of aliphatic imine (C=N–C) groups is 1. The summed E-state index contributed by atoms with van der Waals surface area (Å²) in [5, 5.41) is 14.4. The molecule has 1 aliphatic rings. The van der Waals surface area contributed by atoms with E-state index in [0.717, 1.165) is 27.7 Å². The van der Waals surface area contributed by atoms with Gasteiger partial charge in [-0.3, -0.25) is 4.79 Å². The van der Waals surface area contributed by atoms with E-state index in [4.69, 9.17) is 0 Å². The summed E-state index contributed by atoms with van der Waals surface area (Å²) in [6, 6.07) is 38.5. The summed E-state index contributed by atoms with van der Waals surface area (Å²) >= 11 is 1.13. The Hall–Kier alpha value is -3.97. The summed E-state index contributed by atoms with van der Waals surface area (Å²) in [5.41, 5.74) is 0.304. The molecule has 6 heteroatoms. The molecule has 0 saturated carbocycles. The maximum Gasteiger partial charge on any atom is 0.284 e. The van der Waals surface area contributed by atoms with Crippen LogP contribution in [0, 0.1) is 17.1 Å². The lowest BCUT2D eigenvalue weighted by Gasteiger charge is -2.30. The largest absolute Gasteiger partial charge is 0.284 e. The highest BCUT2D eigenvalue weighted by molar-refractivity contribution is 8.22. The molecule has 1 heterocycles. The first-order valence-electron chi connectivity index (χ1n) is 11.3. The number of nitriles is 1. The van der Waals surface area contributed by atoms with E-state index in [2.05, 4.69) is 11.1 Å². The van der Waals surface area contributed by atoms with Crippen LogP contribution in [0.15, 0.2) is 125 Å². The average molecular weight is 507 g/mol. The highest BCUT2D eigenvalue weighted by Gasteiger charge is 2.35. The maximum absolute atomic E-state index is 14.3. The maximum atomic E-state index is 14.3. The smallest absolute Gasteiger partial charge is 0.266 e. The zero-order chi connectivity index (χ0) is 25.0. The Labute approximate surface area is 213 Å². The van der Waals surface area contributed by atoms with Gasteiger partial charge in [-0.25, -0.2) is 9.38 Å². The molecule has 4 aromatic rings. The van der Waals surface area contributed by atoms with Gasteiger partial charge < -0.3 is 0 Å². The molecule has 0 radical (unpaired) electrons. The van der Waals surface area contributed by atoms with E-state index in [9.17, 15) is 14.4 Å². The number of thioether (sulfide) groups is 1. The zero-order valence-corrected chi connectivity index (χ0v) is 20.8. The molecular formula is C30H20FN2OPS. The Kier molecular flexibility index (Phi) is 6.82. The Balaban J connectivity index is 1.81. The molecule has 0 unspecified atom stereocenters. The SMILES string of the molecule is N#CC(C1=NC(=O)/C(=C\c2ccccc2F)S1)=P(c1ccccc1)(c1ccccc1)c1ccccc1. The molecule has 4 aromatic carbocycles. The Morgan fingerprint density at radius 1 is 0.778 bits per heavy atom. The highest BCUT2D eigenvalue weighted by atomic mass is 32.2. The second-order valence-corrected chi connectivity index (χ2v) is 12.4. The van der Waals surface area contributed by atoms with Crippen LogP contribution in [0.2, 0.25) is 0 Å². The van der Waals surface area contributed by atoms with E-state index in [1.54, 1.807) is 18.2 Å². The summed E-state index contributed by atoms with van der Waals surface area (Å²) < 4.78 is 14.3. The zero-order valence-electron chi connectivity index (χ0n) is 19.1. The van der Waals surface area contributed by atoms with Crippen LogP contribution in [0.3, 0.4) is 0 Å². The number of benzene rings is 4. The molecule has 0 N–H and O–H groups in total. The topological polar surface area (TPSA) is 53.2 Å². The molecule has 0 aromatic heterocycles. The molecule has 5 rings (SSSR count). The second-order valence-electron chi connectivity index (χ2n) is 7.99. The van der Waals surface area contributed by atoms with Gasteiger partial charge in [-0.2, -0.15) is 5.26 Å². The van der Waals surface area contributed by atoms with Gasteiger partial charge in [-0.1, -0.05) is 121 Å². The van der Waals surface area contributed by atoms with Crippen molar-refractivity contribution in [2.24, 2.45) is 4.99 Å². The van der Waals surface area contributed by atoms with Crippen LogP contribution >= 0.6 is 18.6 Å². The van der Waals surface area contributed by atoms with Crippen molar-refractivity contribution in [1.29, 1.82) is 5.26 Å². The predicted octanol–water partition coefficient (Wildman–Crippen LogP) is 5.53. The van der Waals surface area contributed by atoms with Gasteiger partial charge in [-0.05, 0) is 34.9 Å². The number of carbonyl (C=O) groups excluding carboxylic acids is 1. The van der Waals surface area contributed by atoms with Gasteiger partial charge in [-0.15, -0.1) is 0 Å². The third-order valence-electron chi connectivity index (χ3n) is 5.89. The lowest BCUT2D eigenvalue weighted by Crippen LogP contribution is -2.32. The fourth-order valence-electron chi connectivity index (χ4n) is 4.30. The third-order valence-corrected chi connectivity index (χ3v) is 11.2. The van der Waals surface area contributed by atoms with Crippen molar-refractivity contribution >= 4 is 56.9 Å². The molecule has 1 aliphatic heterocycles. The van der Waals surface area contributed by atoms with Gasteiger partial charge >= 0.3 is 0 Å². The summed E-state index contributed by atoms with van der Waals surface area (Å²) in [6.45, 7) is -2.71. The number of nitrogens with zero attached hydrogens (tertiary/aromatic N) is 2. The monoisotopic (exact) mass is 506 g/mol. The van der Waals surface area contributed by atoms with Crippen molar-refractivity contribution in [2.75, 3.05) is 0 Å². The molecule has 36 heavy (non-hydrogen) atoms. The normalized spacial score (nSPS) is 14.4. The van der Waals surface area contributed by atoms with Gasteiger partial charge in [0.25, 0.3) is 5.91 Å². The van der Waals surface area contributed by atoms with E-state index >= 15 is 0 Å². The predicted molar refractivity (Wildman–Crippen MR) is 150 cm³/mol. The molecule has 0 fully saturated rings. The van der Waals surface area contributed by atoms with E-state index in [1.807, 2.05) is 91.0 Å². The van der Waals surface area contributed by atoms with Crippen LogP contribution < -0.4 is 15.9 Å². The Bertz CT molecular complexity index is 1490. The van der Waals surface area contributed by atoms with E-state index in [0.29, 0.717) is 15.9 Å². The van der Waals surface area contributed by atoms with E-state index in [1.165, 1.54) is 12.1 Å². The molecule has 0 spiro atoms.